The molecule has 626 valence electrons. The number of rotatable bonds is 13. The van der Waals surface area contributed by atoms with Crippen molar-refractivity contribution in [1.29, 1.82) is 0 Å². The summed E-state index contributed by atoms with van der Waals surface area (Å²) < 4.78 is 7.21. The highest BCUT2D eigenvalue weighted by molar-refractivity contribution is 6.12. The Morgan fingerprint density at radius 1 is 0.167 bits per heavy atom. The summed E-state index contributed by atoms with van der Waals surface area (Å²) >= 11 is 0. The van der Waals surface area contributed by atoms with E-state index in [0.717, 1.165) is 34.1 Å². The molecule has 0 amide bonds. The summed E-state index contributed by atoms with van der Waals surface area (Å²) in [5.74, 6) is 0. The van der Waals surface area contributed by atoms with E-state index in [1.807, 2.05) is 0 Å². The maximum atomic E-state index is 2.44. The second-order valence-corrected chi connectivity index (χ2v) is 35.9. The number of anilines is 9. The second kappa shape index (κ2) is 32.2. The van der Waals surface area contributed by atoms with Crippen LogP contribution < -0.4 is 14.7 Å². The van der Waals surface area contributed by atoms with E-state index >= 15 is 0 Å². The van der Waals surface area contributed by atoms with Crippen LogP contribution in [0, 0.1) is 0 Å². The SMILES string of the molecule is CC1(C)c2cc(N(c3ccc4ccccc4c3)c3cccc4ccccc34)ccc2-c2ccc(-n3c4ccccc4c4ccccc43)cc21.CC1(C)c2cc(N(c3ccccc3)c3cccc4ccccc34)ccc2-c2ccc(-n3c4ccccc4c4ccccc43)cc21.c1ccc(N(c2ccccc2)c2ccc(-c3ccc(-n4c5ccccc5c5ccccc54)cc3)cc2)cc1. The summed E-state index contributed by atoms with van der Waals surface area (Å²) in [7, 11) is 0. The highest BCUT2D eigenvalue weighted by Crippen LogP contribution is 2.55. The molecule has 0 radical (unpaired) electrons. The monoisotopic (exact) mass is 1690 g/mol. The summed E-state index contributed by atoms with van der Waals surface area (Å²) in [6.07, 6.45) is 0. The van der Waals surface area contributed by atoms with Crippen molar-refractivity contribution < 1.29 is 0 Å². The molecule has 0 spiro atoms. The molecule has 2 aliphatic rings. The molecular formula is C126H92N6. The topological polar surface area (TPSA) is 24.5 Å². The normalized spacial score (nSPS) is 12.7. The third kappa shape index (κ3) is 13.3. The first kappa shape index (κ1) is 78.7. The van der Waals surface area contributed by atoms with Crippen LogP contribution in [0.1, 0.15) is 49.9 Å². The maximum absolute atomic E-state index is 2.44. The van der Waals surface area contributed by atoms with Gasteiger partial charge in [0, 0.05) is 111 Å². The van der Waals surface area contributed by atoms with E-state index in [-0.39, 0.29) is 10.8 Å². The van der Waals surface area contributed by atoms with Crippen molar-refractivity contribution in [3.05, 3.63) is 508 Å². The minimum absolute atomic E-state index is 0.170. The summed E-state index contributed by atoms with van der Waals surface area (Å²) in [6, 6.07) is 176. The first-order chi connectivity index (χ1) is 65.0. The van der Waals surface area contributed by atoms with Crippen LogP contribution >= 0.6 is 0 Å². The second-order valence-electron chi connectivity index (χ2n) is 35.9. The average Bonchev–Trinajstić information content (AvgIpc) is 1.56. The Kier molecular flexibility index (Phi) is 19.2. The molecular weight excluding hydrogens is 1600 g/mol. The van der Waals surface area contributed by atoms with Crippen LogP contribution in [-0.2, 0) is 10.8 Å². The molecule has 0 aliphatic heterocycles. The summed E-state index contributed by atoms with van der Waals surface area (Å²) in [4.78, 5) is 7.14. The van der Waals surface area contributed by atoms with Gasteiger partial charge in [-0.1, -0.05) is 343 Å². The van der Waals surface area contributed by atoms with E-state index in [0.29, 0.717) is 0 Å². The fourth-order valence-corrected chi connectivity index (χ4v) is 21.3. The Bertz CT molecular complexity index is 8380. The lowest BCUT2D eigenvalue weighted by molar-refractivity contribution is 0.660. The molecule has 0 unspecified atom stereocenters. The molecule has 0 fully saturated rings. The van der Waals surface area contributed by atoms with E-state index in [1.54, 1.807) is 0 Å². The van der Waals surface area contributed by atoms with Gasteiger partial charge in [-0.25, -0.2) is 0 Å². The van der Waals surface area contributed by atoms with Crippen molar-refractivity contribution >= 4 is 149 Å². The summed E-state index contributed by atoms with van der Waals surface area (Å²) in [5, 5.41) is 15.1. The van der Waals surface area contributed by atoms with Crippen LogP contribution in [0.2, 0.25) is 0 Å². The highest BCUT2D eigenvalue weighted by Gasteiger charge is 2.39. The first-order valence-electron chi connectivity index (χ1n) is 45.8. The van der Waals surface area contributed by atoms with Gasteiger partial charge < -0.3 is 28.4 Å². The van der Waals surface area contributed by atoms with Crippen molar-refractivity contribution in [3.8, 4) is 50.4 Å². The van der Waals surface area contributed by atoms with Crippen LogP contribution in [0.15, 0.2) is 485 Å². The molecule has 3 aromatic heterocycles. The lowest BCUT2D eigenvalue weighted by atomic mass is 9.82. The van der Waals surface area contributed by atoms with Gasteiger partial charge in [-0.15, -0.1) is 0 Å². The van der Waals surface area contributed by atoms with Gasteiger partial charge in [-0.2, -0.15) is 0 Å². The molecule has 0 bridgehead atoms. The molecule has 3 heterocycles. The molecule has 2 aliphatic carbocycles. The Balaban J connectivity index is 0.000000110. The van der Waals surface area contributed by atoms with Gasteiger partial charge in [-0.05, 0) is 247 Å². The van der Waals surface area contributed by atoms with E-state index in [4.69, 9.17) is 0 Å². The van der Waals surface area contributed by atoms with Crippen molar-refractivity contribution in [1.82, 2.24) is 13.7 Å². The van der Waals surface area contributed by atoms with Crippen molar-refractivity contribution in [2.75, 3.05) is 14.7 Å². The van der Waals surface area contributed by atoms with Crippen LogP contribution in [-0.4, -0.2) is 13.7 Å². The molecule has 21 aromatic carbocycles. The van der Waals surface area contributed by atoms with Crippen LogP contribution in [0.25, 0.3) is 148 Å². The fraction of sp³-hybridized carbons (Fsp3) is 0.0476. The van der Waals surface area contributed by atoms with Crippen molar-refractivity contribution in [2.45, 2.75) is 38.5 Å². The molecule has 0 saturated heterocycles. The molecule has 132 heavy (non-hydrogen) atoms. The van der Waals surface area contributed by atoms with Gasteiger partial charge in [-0.3, -0.25) is 0 Å². The average molecular weight is 1690 g/mol. The van der Waals surface area contributed by atoms with E-state index in [9.17, 15) is 0 Å². The van der Waals surface area contributed by atoms with Crippen LogP contribution in [0.5, 0.6) is 0 Å². The zero-order chi connectivity index (χ0) is 88.1. The minimum atomic E-state index is -0.191. The Morgan fingerprint density at radius 3 is 0.818 bits per heavy atom. The fourth-order valence-electron chi connectivity index (χ4n) is 21.3. The number of aromatic nitrogens is 3. The van der Waals surface area contributed by atoms with Gasteiger partial charge in [0.1, 0.15) is 0 Å². The zero-order valence-corrected chi connectivity index (χ0v) is 73.9. The maximum Gasteiger partial charge on any atom is 0.0541 e. The number of nitrogens with zero attached hydrogens (tertiary/aromatic N) is 6. The highest BCUT2D eigenvalue weighted by atomic mass is 15.2. The standard InChI is InChI=1S/C47H34N2.C43H32N2.C36H26N2/c1-47(2)42-29-35(48(34-23-22-31-12-3-4-14-33(31)28-34)44-21-11-15-32-13-5-6-16-37(32)44)24-26-38(42)39-27-25-36(30-43(39)47)49-45-19-9-7-17-40(45)41-18-8-10-20-46(41)49;1-43(2)38-27-31(44(30-15-4-3-5-16-30)40-22-12-14-29-13-6-7-17-33(29)40)23-25-34(38)35-26-24-32(28-39(35)43)45-41-20-10-8-18-36(41)37-19-9-11-21-42(37)45;1-3-11-29(12-4-1)37(30-13-5-2-6-14-30)31-23-19-27(20-24-31)28-21-25-32(26-22-28)38-35-17-9-7-15-33(35)34-16-8-10-18-36(34)38/h3-30H,1-2H3;3-28H,1-2H3;1-26H. The first-order valence-corrected chi connectivity index (χ1v) is 45.8. The van der Waals surface area contributed by atoms with E-state index in [1.165, 1.54) is 187 Å². The number of fused-ring (bicyclic) bond motifs is 18. The lowest BCUT2D eigenvalue weighted by Gasteiger charge is -2.29. The number of para-hydroxylation sites is 9. The molecule has 0 atom stereocenters. The van der Waals surface area contributed by atoms with E-state index < -0.39 is 0 Å². The predicted molar refractivity (Wildman–Crippen MR) is 559 cm³/mol. The Morgan fingerprint density at radius 2 is 0.424 bits per heavy atom. The third-order valence-electron chi connectivity index (χ3n) is 27.7. The smallest absolute Gasteiger partial charge is 0.0541 e. The quantitative estimate of drug-likeness (QED) is 0.115. The molecule has 24 aromatic rings. The number of benzene rings is 21. The number of hydrogen-bond acceptors (Lipinski definition) is 3. The summed E-state index contributed by atoms with van der Waals surface area (Å²) in [6.45, 7) is 9.52. The predicted octanol–water partition coefficient (Wildman–Crippen LogP) is 34.5. The largest absolute Gasteiger partial charge is 0.311 e. The van der Waals surface area contributed by atoms with E-state index in [2.05, 4.69) is 541 Å². The van der Waals surface area contributed by atoms with Gasteiger partial charge in [0.25, 0.3) is 0 Å². The Labute approximate surface area is 768 Å². The third-order valence-corrected chi connectivity index (χ3v) is 27.7. The molecule has 0 N–H and O–H groups in total. The van der Waals surface area contributed by atoms with Crippen molar-refractivity contribution in [2.24, 2.45) is 0 Å². The minimum Gasteiger partial charge on any atom is -0.311 e. The Hall–Kier alpha value is -16.8. The molecule has 0 saturated carbocycles. The zero-order valence-electron chi connectivity index (χ0n) is 73.9. The summed E-state index contributed by atoms with van der Waals surface area (Å²) in [5.41, 5.74) is 34.1. The molecule has 6 nitrogen and oxygen atoms in total. The van der Waals surface area contributed by atoms with Gasteiger partial charge in [0.2, 0.25) is 0 Å². The lowest BCUT2D eigenvalue weighted by Crippen LogP contribution is -2.17. The molecule has 6 heteroatoms. The van der Waals surface area contributed by atoms with Crippen molar-refractivity contribution in [3.63, 3.8) is 0 Å². The molecule has 26 rings (SSSR count). The van der Waals surface area contributed by atoms with Crippen LogP contribution in [0.3, 0.4) is 0 Å². The number of hydrogen-bond donors (Lipinski definition) is 0. The van der Waals surface area contributed by atoms with Gasteiger partial charge >= 0.3 is 0 Å². The van der Waals surface area contributed by atoms with Crippen LogP contribution in [0.4, 0.5) is 51.2 Å². The van der Waals surface area contributed by atoms with Gasteiger partial charge in [0.15, 0.2) is 0 Å². The van der Waals surface area contributed by atoms with Gasteiger partial charge in [0.05, 0.1) is 44.5 Å².